The summed E-state index contributed by atoms with van der Waals surface area (Å²) in [5, 5.41) is 0. The van der Waals surface area contributed by atoms with Gasteiger partial charge in [-0.15, -0.1) is 0 Å². The van der Waals surface area contributed by atoms with Crippen molar-refractivity contribution in [1.82, 2.24) is 14.8 Å². The minimum absolute atomic E-state index is 0.116. The number of carbonyl (C=O) groups excluding carboxylic acids is 2. The van der Waals surface area contributed by atoms with Crippen LogP contribution in [-0.2, 0) is 16.1 Å². The summed E-state index contributed by atoms with van der Waals surface area (Å²) in [6.45, 7) is 2.30. The molecule has 1 spiro atoms. The summed E-state index contributed by atoms with van der Waals surface area (Å²) in [5.41, 5.74) is 0.440. The summed E-state index contributed by atoms with van der Waals surface area (Å²) in [7, 11) is 0. The van der Waals surface area contributed by atoms with Crippen molar-refractivity contribution in [1.29, 1.82) is 0 Å². The lowest BCUT2D eigenvalue weighted by Gasteiger charge is -2.49. The van der Waals surface area contributed by atoms with E-state index in [9.17, 15) is 18.4 Å². The number of aromatic nitrogens is 1. The van der Waals surface area contributed by atoms with Gasteiger partial charge in [0.15, 0.2) is 0 Å². The number of likely N-dealkylation sites (tertiary alicyclic amines) is 2. The number of alkyl halides is 2. The summed E-state index contributed by atoms with van der Waals surface area (Å²) in [6, 6.07) is 5.62. The van der Waals surface area contributed by atoms with Gasteiger partial charge in [0.25, 0.3) is 5.92 Å². The Hall–Kier alpha value is -2.05. The van der Waals surface area contributed by atoms with Crippen LogP contribution >= 0.6 is 0 Å². The summed E-state index contributed by atoms with van der Waals surface area (Å²) in [6.07, 6.45) is 2.93. The Morgan fingerprint density at radius 2 is 2.07 bits per heavy atom. The van der Waals surface area contributed by atoms with Crippen LogP contribution in [0.15, 0.2) is 18.2 Å². The fourth-order valence-electron chi connectivity index (χ4n) is 4.68. The lowest BCUT2D eigenvalue weighted by molar-refractivity contribution is -0.175. The zero-order valence-electron chi connectivity index (χ0n) is 16.3. The number of halogens is 2. The molecular weight excluding hydrogens is 364 g/mol. The number of rotatable bonds is 4. The molecule has 1 saturated carbocycles. The number of hydrogen-bond acceptors (Lipinski definition) is 3. The highest BCUT2D eigenvalue weighted by Gasteiger charge is 2.56. The smallest absolute Gasteiger partial charge is 0.266 e. The molecule has 3 fully saturated rings. The molecule has 2 aliphatic heterocycles. The molecule has 1 aromatic heterocycles. The molecule has 1 atom stereocenters. The van der Waals surface area contributed by atoms with Crippen LogP contribution in [0.25, 0.3) is 0 Å². The molecule has 5 nitrogen and oxygen atoms in total. The van der Waals surface area contributed by atoms with E-state index in [4.69, 9.17) is 0 Å². The number of nitrogens with zero attached hydrogens (tertiary/aromatic N) is 3. The van der Waals surface area contributed by atoms with E-state index >= 15 is 0 Å². The molecule has 2 saturated heterocycles. The van der Waals surface area contributed by atoms with Crippen LogP contribution < -0.4 is 0 Å². The third-order valence-corrected chi connectivity index (χ3v) is 6.15. The normalized spacial score (nSPS) is 27.3. The summed E-state index contributed by atoms with van der Waals surface area (Å²) in [4.78, 5) is 33.2. The maximum absolute atomic E-state index is 14.6. The molecule has 2 amide bonds. The van der Waals surface area contributed by atoms with Gasteiger partial charge >= 0.3 is 0 Å². The van der Waals surface area contributed by atoms with Gasteiger partial charge in [0.2, 0.25) is 11.8 Å². The molecule has 0 N–H and O–H groups in total. The van der Waals surface area contributed by atoms with Crippen molar-refractivity contribution in [2.24, 2.45) is 11.3 Å². The van der Waals surface area contributed by atoms with Gasteiger partial charge in [-0.2, -0.15) is 0 Å². The Morgan fingerprint density at radius 3 is 2.79 bits per heavy atom. The summed E-state index contributed by atoms with van der Waals surface area (Å²) < 4.78 is 29.2. The second-order valence-electron chi connectivity index (χ2n) is 8.81. The minimum atomic E-state index is -3.03. The van der Waals surface area contributed by atoms with Gasteiger partial charge in [0.05, 0.1) is 24.2 Å². The highest BCUT2D eigenvalue weighted by molar-refractivity contribution is 5.85. The van der Waals surface area contributed by atoms with E-state index in [-0.39, 0.29) is 18.4 Å². The van der Waals surface area contributed by atoms with Gasteiger partial charge in [-0.1, -0.05) is 6.07 Å². The molecule has 7 heteroatoms. The maximum Gasteiger partial charge on any atom is 0.266 e. The molecule has 0 bridgehead atoms. The average Bonchev–Trinajstić information content (AvgIpc) is 3.42. The van der Waals surface area contributed by atoms with Gasteiger partial charge in [-0.05, 0) is 50.7 Å². The second-order valence-corrected chi connectivity index (χ2v) is 8.81. The predicted molar refractivity (Wildman–Crippen MR) is 99.5 cm³/mol. The monoisotopic (exact) mass is 391 g/mol. The lowest BCUT2D eigenvalue weighted by Crippen LogP contribution is -2.61. The van der Waals surface area contributed by atoms with Crippen LogP contribution in [0.5, 0.6) is 0 Å². The van der Waals surface area contributed by atoms with Crippen molar-refractivity contribution >= 4 is 11.8 Å². The number of hydrogen-bond donors (Lipinski definition) is 0. The molecule has 0 unspecified atom stereocenters. The molecule has 0 radical (unpaired) electrons. The molecule has 1 aromatic rings. The zero-order chi connectivity index (χ0) is 19.9. The summed E-state index contributed by atoms with van der Waals surface area (Å²) >= 11 is 0. The molecule has 4 rings (SSSR count). The van der Waals surface area contributed by atoms with Crippen molar-refractivity contribution in [2.45, 2.75) is 57.9 Å². The fourth-order valence-corrected chi connectivity index (χ4v) is 4.68. The van der Waals surface area contributed by atoms with Gasteiger partial charge in [-0.3, -0.25) is 14.6 Å². The highest BCUT2D eigenvalue weighted by Crippen LogP contribution is 2.46. The van der Waals surface area contributed by atoms with Crippen LogP contribution in [0.3, 0.4) is 0 Å². The Labute approximate surface area is 164 Å². The summed E-state index contributed by atoms with van der Waals surface area (Å²) in [5.74, 6) is -3.18. The molecular formula is C21H27F2N3O2. The van der Waals surface area contributed by atoms with E-state index in [0.29, 0.717) is 38.3 Å². The Morgan fingerprint density at radius 1 is 1.29 bits per heavy atom. The number of piperidine rings is 2. The molecule has 152 valence electrons. The lowest BCUT2D eigenvalue weighted by atomic mass is 9.71. The fraction of sp³-hybridized carbons (Fsp3) is 0.667. The second kappa shape index (κ2) is 7.08. The third kappa shape index (κ3) is 4.03. The maximum atomic E-state index is 14.6. The van der Waals surface area contributed by atoms with Gasteiger partial charge in [0, 0.05) is 31.6 Å². The predicted octanol–water partition coefficient (Wildman–Crippen LogP) is 3.17. The van der Waals surface area contributed by atoms with Crippen molar-refractivity contribution < 1.29 is 18.4 Å². The first-order valence-corrected chi connectivity index (χ1v) is 10.1. The van der Waals surface area contributed by atoms with E-state index in [1.165, 1.54) is 4.90 Å². The van der Waals surface area contributed by atoms with Crippen LogP contribution in [0.4, 0.5) is 8.78 Å². The zero-order valence-corrected chi connectivity index (χ0v) is 16.3. The van der Waals surface area contributed by atoms with Crippen LogP contribution in [-0.4, -0.2) is 52.2 Å². The third-order valence-electron chi connectivity index (χ3n) is 6.15. The number of amides is 2. The topological polar surface area (TPSA) is 53.5 Å². The first-order valence-electron chi connectivity index (χ1n) is 10.1. The van der Waals surface area contributed by atoms with Crippen LogP contribution in [0, 0.1) is 18.3 Å². The van der Waals surface area contributed by atoms with Gasteiger partial charge in [0.1, 0.15) is 0 Å². The molecule has 28 heavy (non-hydrogen) atoms. The van der Waals surface area contributed by atoms with E-state index in [1.807, 2.05) is 25.1 Å². The first-order chi connectivity index (χ1) is 13.3. The standard InChI is InChI=1S/C21H27F2N3O2/c1-15-4-2-5-17(24-15)11-25-9-3-8-20(19(25)28)12-21(22,23)14-26(13-20)18(27)10-16-6-7-16/h2,4-5,16H,3,6-14H2,1H3/t20-/m1/s1. The molecule has 3 aliphatic rings. The van der Waals surface area contributed by atoms with E-state index < -0.39 is 24.3 Å². The van der Waals surface area contributed by atoms with Crippen molar-refractivity contribution in [3.8, 4) is 0 Å². The largest absolute Gasteiger partial charge is 0.336 e. The molecule has 1 aliphatic carbocycles. The number of carbonyl (C=O) groups is 2. The van der Waals surface area contributed by atoms with Crippen molar-refractivity contribution in [2.75, 3.05) is 19.6 Å². The Kier molecular flexibility index (Phi) is 4.88. The Balaban J connectivity index is 1.53. The van der Waals surface area contributed by atoms with Crippen molar-refractivity contribution in [3.05, 3.63) is 29.6 Å². The van der Waals surface area contributed by atoms with E-state index in [1.54, 1.807) is 4.90 Å². The number of pyridine rings is 1. The quantitative estimate of drug-likeness (QED) is 0.792. The van der Waals surface area contributed by atoms with Crippen LogP contribution in [0.2, 0.25) is 0 Å². The van der Waals surface area contributed by atoms with Crippen LogP contribution in [0.1, 0.15) is 49.9 Å². The minimum Gasteiger partial charge on any atom is -0.336 e. The molecule has 3 heterocycles. The Bertz CT molecular complexity index is 781. The van der Waals surface area contributed by atoms with E-state index in [0.717, 1.165) is 24.2 Å². The van der Waals surface area contributed by atoms with Crippen molar-refractivity contribution in [3.63, 3.8) is 0 Å². The van der Waals surface area contributed by atoms with Gasteiger partial charge in [-0.25, -0.2) is 8.78 Å². The molecule has 0 aromatic carbocycles. The number of aryl methyl sites for hydroxylation is 1. The highest BCUT2D eigenvalue weighted by atomic mass is 19.3. The SMILES string of the molecule is Cc1cccc(CN2CCC[C@@]3(CN(C(=O)CC4CC4)CC(F)(F)C3)C2=O)n1. The van der Waals surface area contributed by atoms with Gasteiger partial charge < -0.3 is 9.80 Å². The average molecular weight is 391 g/mol. The first kappa shape index (κ1) is 19.3. The van der Waals surface area contributed by atoms with E-state index in [2.05, 4.69) is 4.98 Å².